The van der Waals surface area contributed by atoms with Crippen LogP contribution < -0.4 is 5.32 Å². The van der Waals surface area contributed by atoms with Crippen LogP contribution in [0.4, 0.5) is 0 Å². The summed E-state index contributed by atoms with van der Waals surface area (Å²) < 4.78 is 0. The molecular formula is C15H25NS. The lowest BCUT2D eigenvalue weighted by atomic mass is 9.70. The first-order chi connectivity index (χ1) is 8.35. The van der Waals surface area contributed by atoms with Crippen molar-refractivity contribution in [3.8, 4) is 0 Å². The molecule has 1 aromatic heterocycles. The largest absolute Gasteiger partial charge is 0.316 e. The highest BCUT2D eigenvalue weighted by molar-refractivity contribution is 7.07. The third-order valence-corrected chi connectivity index (χ3v) is 4.92. The highest BCUT2D eigenvalue weighted by atomic mass is 32.1. The van der Waals surface area contributed by atoms with Gasteiger partial charge in [-0.2, -0.15) is 11.3 Å². The summed E-state index contributed by atoms with van der Waals surface area (Å²) >= 11 is 1.83. The van der Waals surface area contributed by atoms with E-state index in [4.69, 9.17) is 0 Å². The van der Waals surface area contributed by atoms with Crippen molar-refractivity contribution in [1.82, 2.24) is 5.32 Å². The summed E-state index contributed by atoms with van der Waals surface area (Å²) in [5.74, 6) is 0. The average Bonchev–Trinajstić information content (AvgIpc) is 2.89. The molecule has 1 heterocycles. The maximum Gasteiger partial charge on any atom is 0.000780 e. The Morgan fingerprint density at radius 1 is 1.29 bits per heavy atom. The molecule has 0 bridgehead atoms. The average molecular weight is 251 g/mol. The Hall–Kier alpha value is -0.340. The van der Waals surface area contributed by atoms with E-state index in [1.807, 2.05) is 11.3 Å². The zero-order chi connectivity index (χ0) is 12.0. The lowest BCUT2D eigenvalue weighted by molar-refractivity contribution is 0.168. The molecule has 1 saturated carbocycles. The van der Waals surface area contributed by atoms with Crippen molar-refractivity contribution >= 4 is 11.3 Å². The van der Waals surface area contributed by atoms with Crippen molar-refractivity contribution in [2.45, 2.75) is 51.9 Å². The minimum absolute atomic E-state index is 0.593. The minimum atomic E-state index is 0.593. The molecule has 0 spiro atoms. The molecule has 1 nitrogen and oxygen atoms in total. The lowest BCUT2D eigenvalue weighted by Crippen LogP contribution is -2.36. The Balaban J connectivity index is 1.90. The van der Waals surface area contributed by atoms with Crippen molar-refractivity contribution in [2.24, 2.45) is 5.41 Å². The molecule has 1 N–H and O–H groups in total. The normalized spacial score (nSPS) is 19.4. The van der Waals surface area contributed by atoms with Gasteiger partial charge in [0, 0.05) is 6.54 Å². The van der Waals surface area contributed by atoms with Gasteiger partial charge in [0.2, 0.25) is 0 Å². The van der Waals surface area contributed by atoms with Gasteiger partial charge in [0.1, 0.15) is 0 Å². The Morgan fingerprint density at radius 2 is 2.12 bits per heavy atom. The van der Waals surface area contributed by atoms with E-state index in [1.165, 1.54) is 57.1 Å². The van der Waals surface area contributed by atoms with Gasteiger partial charge in [0.25, 0.3) is 0 Å². The molecule has 17 heavy (non-hydrogen) atoms. The van der Waals surface area contributed by atoms with Crippen LogP contribution in [0.5, 0.6) is 0 Å². The van der Waals surface area contributed by atoms with Gasteiger partial charge in [0.15, 0.2) is 0 Å². The van der Waals surface area contributed by atoms with Crippen LogP contribution in [-0.4, -0.2) is 13.1 Å². The molecule has 0 atom stereocenters. The fourth-order valence-corrected chi connectivity index (χ4v) is 3.75. The number of aryl methyl sites for hydroxylation is 1. The van der Waals surface area contributed by atoms with Gasteiger partial charge in [-0.1, -0.05) is 26.2 Å². The van der Waals surface area contributed by atoms with E-state index in [9.17, 15) is 0 Å². The zero-order valence-corrected chi connectivity index (χ0v) is 11.8. The van der Waals surface area contributed by atoms with Crippen molar-refractivity contribution in [3.05, 3.63) is 22.4 Å². The van der Waals surface area contributed by atoms with E-state index in [0.717, 1.165) is 6.54 Å². The first-order valence-electron chi connectivity index (χ1n) is 7.06. The highest BCUT2D eigenvalue weighted by Crippen LogP contribution is 2.39. The molecule has 1 aromatic rings. The van der Waals surface area contributed by atoms with Crippen LogP contribution in [0.25, 0.3) is 0 Å². The van der Waals surface area contributed by atoms with E-state index >= 15 is 0 Å². The topological polar surface area (TPSA) is 12.0 Å². The number of hydrogen-bond acceptors (Lipinski definition) is 2. The fourth-order valence-electron chi connectivity index (χ4n) is 3.05. The lowest BCUT2D eigenvalue weighted by Gasteiger charge is -2.37. The number of nitrogens with one attached hydrogen (secondary N) is 1. The Morgan fingerprint density at radius 3 is 2.76 bits per heavy atom. The fraction of sp³-hybridized carbons (Fsp3) is 0.733. The quantitative estimate of drug-likeness (QED) is 0.797. The van der Waals surface area contributed by atoms with Gasteiger partial charge in [-0.15, -0.1) is 0 Å². The van der Waals surface area contributed by atoms with Crippen LogP contribution in [0.3, 0.4) is 0 Å². The Kier molecular flexibility index (Phi) is 5.05. The SMILES string of the molecule is CCNCC1(CCc2ccsc2)CCCCC1. The van der Waals surface area contributed by atoms with Gasteiger partial charge >= 0.3 is 0 Å². The minimum Gasteiger partial charge on any atom is -0.316 e. The summed E-state index contributed by atoms with van der Waals surface area (Å²) in [6, 6.07) is 2.29. The second-order valence-electron chi connectivity index (χ2n) is 5.47. The van der Waals surface area contributed by atoms with Gasteiger partial charge in [0.05, 0.1) is 0 Å². The predicted molar refractivity (Wildman–Crippen MR) is 76.7 cm³/mol. The van der Waals surface area contributed by atoms with Gasteiger partial charge in [-0.25, -0.2) is 0 Å². The molecule has 2 rings (SSSR count). The van der Waals surface area contributed by atoms with E-state index in [-0.39, 0.29) is 0 Å². The second kappa shape index (κ2) is 6.55. The molecule has 0 radical (unpaired) electrons. The molecule has 1 aliphatic carbocycles. The second-order valence-corrected chi connectivity index (χ2v) is 6.25. The number of rotatable bonds is 6. The van der Waals surface area contributed by atoms with Crippen molar-refractivity contribution in [3.63, 3.8) is 0 Å². The summed E-state index contributed by atoms with van der Waals surface area (Å²) in [7, 11) is 0. The highest BCUT2D eigenvalue weighted by Gasteiger charge is 2.30. The predicted octanol–water partition coefficient (Wildman–Crippen LogP) is 4.24. The molecular weight excluding hydrogens is 226 g/mol. The standard InChI is InChI=1S/C15H25NS/c1-2-16-13-15(8-4-3-5-9-15)10-6-14-7-11-17-12-14/h7,11-12,16H,2-6,8-10,13H2,1H3. The maximum absolute atomic E-state index is 3.59. The third-order valence-electron chi connectivity index (χ3n) is 4.19. The summed E-state index contributed by atoms with van der Waals surface area (Å²) in [6.45, 7) is 4.56. The molecule has 0 unspecified atom stereocenters. The molecule has 0 aliphatic heterocycles. The van der Waals surface area contributed by atoms with Crippen LogP contribution >= 0.6 is 11.3 Å². The molecule has 0 saturated heterocycles. The van der Waals surface area contributed by atoms with Crippen LogP contribution in [-0.2, 0) is 6.42 Å². The summed E-state index contributed by atoms with van der Waals surface area (Å²) in [5.41, 5.74) is 2.13. The van der Waals surface area contributed by atoms with Crippen LogP contribution in [0.1, 0.15) is 51.0 Å². The van der Waals surface area contributed by atoms with Gasteiger partial charge in [-0.3, -0.25) is 0 Å². The molecule has 0 aromatic carbocycles. The van der Waals surface area contributed by atoms with E-state index in [2.05, 4.69) is 29.1 Å². The molecule has 2 heteroatoms. The molecule has 1 fully saturated rings. The first kappa shape index (κ1) is 13.1. The number of hydrogen-bond donors (Lipinski definition) is 1. The summed E-state index contributed by atoms with van der Waals surface area (Å²) in [5, 5.41) is 8.10. The third kappa shape index (κ3) is 3.82. The smallest absolute Gasteiger partial charge is 0.000780 e. The number of thiophene rings is 1. The summed E-state index contributed by atoms with van der Waals surface area (Å²) in [4.78, 5) is 0. The van der Waals surface area contributed by atoms with E-state index in [1.54, 1.807) is 0 Å². The van der Waals surface area contributed by atoms with Crippen molar-refractivity contribution in [1.29, 1.82) is 0 Å². The van der Waals surface area contributed by atoms with E-state index in [0.29, 0.717) is 5.41 Å². The molecule has 96 valence electrons. The summed E-state index contributed by atoms with van der Waals surface area (Å²) in [6.07, 6.45) is 9.84. The van der Waals surface area contributed by atoms with Crippen molar-refractivity contribution in [2.75, 3.05) is 13.1 Å². The first-order valence-corrected chi connectivity index (χ1v) is 8.01. The zero-order valence-electron chi connectivity index (χ0n) is 11.0. The maximum atomic E-state index is 3.59. The monoisotopic (exact) mass is 251 g/mol. The van der Waals surface area contributed by atoms with Gasteiger partial charge in [-0.05, 0) is 60.0 Å². The van der Waals surface area contributed by atoms with Crippen LogP contribution in [0.15, 0.2) is 16.8 Å². The van der Waals surface area contributed by atoms with Crippen LogP contribution in [0, 0.1) is 5.41 Å². The molecule has 0 amide bonds. The van der Waals surface area contributed by atoms with Crippen molar-refractivity contribution < 1.29 is 0 Å². The van der Waals surface area contributed by atoms with Crippen LogP contribution in [0.2, 0.25) is 0 Å². The van der Waals surface area contributed by atoms with E-state index < -0.39 is 0 Å². The molecule has 1 aliphatic rings. The Bertz CT molecular complexity index is 299. The van der Waals surface area contributed by atoms with Gasteiger partial charge < -0.3 is 5.32 Å². The Labute approximate surface area is 110 Å².